The maximum absolute atomic E-state index is 11.9. The molecule has 0 saturated heterocycles. The number of hydrogen-bond acceptors (Lipinski definition) is 3. The lowest BCUT2D eigenvalue weighted by atomic mass is 10.1. The Morgan fingerprint density at radius 1 is 1.57 bits per heavy atom. The number of carbonyl (C=O) groups is 1. The summed E-state index contributed by atoms with van der Waals surface area (Å²) in [6, 6.07) is 3.90. The highest BCUT2D eigenvalue weighted by Gasteiger charge is 2.12. The molecule has 0 fully saturated rings. The molecule has 5 heteroatoms. The van der Waals surface area contributed by atoms with Gasteiger partial charge < -0.3 is 15.0 Å². The van der Waals surface area contributed by atoms with Crippen molar-refractivity contribution >= 4 is 12.0 Å². The Kier molecular flexibility index (Phi) is 6.19. The van der Waals surface area contributed by atoms with Crippen molar-refractivity contribution in [2.75, 3.05) is 6.54 Å². The van der Waals surface area contributed by atoms with E-state index in [2.05, 4.69) is 16.8 Å². The van der Waals surface area contributed by atoms with Gasteiger partial charge in [0.15, 0.2) is 0 Å². The summed E-state index contributed by atoms with van der Waals surface area (Å²) in [6.45, 7) is 8.73. The highest BCUT2D eigenvalue weighted by Crippen LogP contribution is 2.18. The van der Waals surface area contributed by atoms with E-state index in [0.29, 0.717) is 0 Å². The number of rotatable bonds is 6. The zero-order chi connectivity index (χ0) is 16.0. The van der Waals surface area contributed by atoms with Gasteiger partial charge in [-0.1, -0.05) is 6.92 Å². The molecular weight excluding hydrogens is 266 g/mol. The quantitative estimate of drug-likeness (QED) is 0.620. The van der Waals surface area contributed by atoms with Gasteiger partial charge >= 0.3 is 0 Å². The summed E-state index contributed by atoms with van der Waals surface area (Å²) in [4.78, 5) is 11.9. The first-order valence-electron chi connectivity index (χ1n) is 7.15. The number of carbonyl (C=O) groups excluding carboxylic acids is 1. The lowest BCUT2D eigenvalue weighted by Gasteiger charge is -2.07. The second kappa shape index (κ2) is 7.65. The predicted octanol–water partition coefficient (Wildman–Crippen LogP) is 1.92. The van der Waals surface area contributed by atoms with Crippen molar-refractivity contribution in [3.63, 3.8) is 0 Å². The van der Waals surface area contributed by atoms with E-state index in [-0.39, 0.29) is 12.1 Å². The zero-order valence-corrected chi connectivity index (χ0v) is 13.1. The monoisotopic (exact) mass is 289 g/mol. The van der Waals surface area contributed by atoms with Crippen LogP contribution in [0, 0.1) is 25.2 Å². The highest BCUT2D eigenvalue weighted by molar-refractivity contribution is 6.01. The van der Waals surface area contributed by atoms with Crippen molar-refractivity contribution in [3.8, 4) is 6.07 Å². The van der Waals surface area contributed by atoms with E-state index in [9.17, 15) is 4.79 Å². The third kappa shape index (κ3) is 4.47. The van der Waals surface area contributed by atoms with Gasteiger partial charge in [0.25, 0.3) is 5.91 Å². The molecule has 0 saturated carbocycles. The summed E-state index contributed by atoms with van der Waals surface area (Å²) in [6.07, 6.45) is 1.99. The lowest BCUT2D eigenvalue weighted by Crippen LogP contribution is -2.31. The average molecular weight is 289 g/mol. The molecule has 21 heavy (non-hydrogen) atoms. The van der Waals surface area contributed by atoms with Crippen molar-refractivity contribution in [2.24, 2.45) is 0 Å². The largest absolute Gasteiger partial charge is 0.392 e. The summed E-state index contributed by atoms with van der Waals surface area (Å²) in [5.41, 5.74) is 3.09. The maximum atomic E-state index is 11.9. The fourth-order valence-electron chi connectivity index (χ4n) is 2.18. The Morgan fingerprint density at radius 3 is 2.76 bits per heavy atom. The van der Waals surface area contributed by atoms with Gasteiger partial charge in [-0.25, -0.2) is 0 Å². The van der Waals surface area contributed by atoms with Gasteiger partial charge in [0.2, 0.25) is 0 Å². The molecule has 1 aromatic heterocycles. The molecule has 1 aromatic rings. The van der Waals surface area contributed by atoms with Crippen LogP contribution in [0.15, 0.2) is 11.6 Å². The number of nitrogens with zero attached hydrogens (tertiary/aromatic N) is 2. The van der Waals surface area contributed by atoms with Crippen molar-refractivity contribution in [1.82, 2.24) is 9.88 Å². The Bertz CT molecular complexity index is 577. The smallest absolute Gasteiger partial charge is 0.262 e. The van der Waals surface area contributed by atoms with E-state index in [4.69, 9.17) is 10.4 Å². The summed E-state index contributed by atoms with van der Waals surface area (Å²) in [7, 11) is 0. The topological polar surface area (TPSA) is 78.0 Å². The first kappa shape index (κ1) is 17.0. The van der Waals surface area contributed by atoms with Crippen molar-refractivity contribution in [3.05, 3.63) is 28.6 Å². The van der Waals surface area contributed by atoms with Crippen LogP contribution in [-0.4, -0.2) is 28.2 Å². The van der Waals surface area contributed by atoms with Crippen LogP contribution in [-0.2, 0) is 11.3 Å². The van der Waals surface area contributed by atoms with Gasteiger partial charge in [-0.3, -0.25) is 4.79 Å². The molecule has 2 N–H and O–H groups in total. The standard InChI is InChI=1S/C16H23N3O2/c1-5-6-19-11(2)7-14(13(19)4)8-15(9-17)16(21)18-10-12(3)20/h7-8,12,20H,5-6,10H2,1-4H3,(H,18,21)/b15-8-. The normalized spacial score (nSPS) is 12.9. The van der Waals surface area contributed by atoms with E-state index < -0.39 is 12.0 Å². The third-order valence-corrected chi connectivity index (χ3v) is 3.28. The van der Waals surface area contributed by atoms with Crippen LogP contribution >= 0.6 is 0 Å². The van der Waals surface area contributed by atoms with Crippen molar-refractivity contribution in [1.29, 1.82) is 5.26 Å². The first-order valence-corrected chi connectivity index (χ1v) is 7.15. The second-order valence-electron chi connectivity index (χ2n) is 5.21. The molecule has 1 heterocycles. The Balaban J connectivity index is 3.01. The fraction of sp³-hybridized carbons (Fsp3) is 0.500. The van der Waals surface area contributed by atoms with E-state index in [0.717, 1.165) is 29.9 Å². The summed E-state index contributed by atoms with van der Waals surface area (Å²) >= 11 is 0. The van der Waals surface area contributed by atoms with Gasteiger partial charge in [0, 0.05) is 24.5 Å². The number of nitrogens with one attached hydrogen (secondary N) is 1. The molecule has 0 aliphatic carbocycles. The van der Waals surface area contributed by atoms with E-state index in [1.807, 2.05) is 26.0 Å². The number of nitriles is 1. The molecule has 0 aromatic carbocycles. The molecule has 0 bridgehead atoms. The summed E-state index contributed by atoms with van der Waals surface area (Å²) in [5, 5.41) is 20.8. The van der Waals surface area contributed by atoms with Crippen molar-refractivity contribution in [2.45, 2.75) is 46.8 Å². The third-order valence-electron chi connectivity index (χ3n) is 3.28. The van der Waals surface area contributed by atoms with Crippen LogP contribution < -0.4 is 5.32 Å². The minimum absolute atomic E-state index is 0.0485. The summed E-state index contributed by atoms with van der Waals surface area (Å²) in [5.74, 6) is -0.460. The molecule has 1 atom stereocenters. The van der Waals surface area contributed by atoms with Gasteiger partial charge in [0.1, 0.15) is 11.6 Å². The van der Waals surface area contributed by atoms with E-state index >= 15 is 0 Å². The van der Waals surface area contributed by atoms with Gasteiger partial charge in [-0.15, -0.1) is 0 Å². The van der Waals surface area contributed by atoms with Crippen LogP contribution in [0.5, 0.6) is 0 Å². The van der Waals surface area contributed by atoms with Gasteiger partial charge in [-0.2, -0.15) is 5.26 Å². The minimum atomic E-state index is -0.636. The molecule has 0 radical (unpaired) electrons. The fourth-order valence-corrected chi connectivity index (χ4v) is 2.18. The average Bonchev–Trinajstić information content (AvgIpc) is 2.70. The number of amides is 1. The highest BCUT2D eigenvalue weighted by atomic mass is 16.3. The molecule has 0 aliphatic heterocycles. The molecule has 5 nitrogen and oxygen atoms in total. The van der Waals surface area contributed by atoms with E-state index in [1.165, 1.54) is 0 Å². The number of hydrogen-bond donors (Lipinski definition) is 2. The van der Waals surface area contributed by atoms with E-state index in [1.54, 1.807) is 13.0 Å². The summed E-state index contributed by atoms with van der Waals surface area (Å²) < 4.78 is 2.18. The lowest BCUT2D eigenvalue weighted by molar-refractivity contribution is -0.117. The predicted molar refractivity (Wildman–Crippen MR) is 82.5 cm³/mol. The Labute approximate surface area is 125 Å². The van der Waals surface area contributed by atoms with Gasteiger partial charge in [0.05, 0.1) is 6.10 Å². The zero-order valence-electron chi connectivity index (χ0n) is 13.1. The van der Waals surface area contributed by atoms with Crippen molar-refractivity contribution < 1.29 is 9.90 Å². The Morgan fingerprint density at radius 2 is 2.24 bits per heavy atom. The van der Waals surface area contributed by atoms with Gasteiger partial charge in [-0.05, 0) is 44.9 Å². The molecule has 0 spiro atoms. The molecule has 1 amide bonds. The minimum Gasteiger partial charge on any atom is -0.392 e. The molecule has 1 rings (SSSR count). The van der Waals surface area contributed by atoms with Crippen LogP contribution in [0.3, 0.4) is 0 Å². The van der Waals surface area contributed by atoms with Crippen LogP contribution in [0.2, 0.25) is 0 Å². The first-order chi connectivity index (χ1) is 9.90. The van der Waals surface area contributed by atoms with Crippen LogP contribution in [0.1, 0.15) is 37.2 Å². The second-order valence-corrected chi connectivity index (χ2v) is 5.21. The SMILES string of the molecule is CCCn1c(C)cc(/C=C(/C#N)C(=O)NCC(C)O)c1C. The maximum Gasteiger partial charge on any atom is 0.262 e. The molecule has 1 unspecified atom stereocenters. The molecule has 114 valence electrons. The number of aliphatic hydroxyl groups excluding tert-OH is 1. The Hall–Kier alpha value is -2.06. The number of aliphatic hydroxyl groups is 1. The number of aromatic nitrogens is 1. The number of aryl methyl sites for hydroxylation is 1. The molecule has 0 aliphatic rings. The van der Waals surface area contributed by atoms with Crippen LogP contribution in [0.4, 0.5) is 0 Å². The molecular formula is C16H23N3O2. The van der Waals surface area contributed by atoms with Crippen LogP contribution in [0.25, 0.3) is 6.08 Å².